The van der Waals surface area contributed by atoms with Crippen LogP contribution in [0, 0.1) is 17.3 Å². The Bertz CT molecular complexity index is 1030. The quantitative estimate of drug-likeness (QED) is 0.630. The van der Waals surface area contributed by atoms with E-state index in [0.29, 0.717) is 5.92 Å². The van der Waals surface area contributed by atoms with E-state index in [1.165, 1.54) is 5.57 Å². The Labute approximate surface area is 207 Å². The fourth-order valence-electron chi connectivity index (χ4n) is 8.51. The minimum atomic E-state index is -0.805. The van der Waals surface area contributed by atoms with Crippen molar-refractivity contribution in [2.75, 3.05) is 14.1 Å². The maximum Gasteiger partial charge on any atom is 0.0958 e. The lowest BCUT2D eigenvalue weighted by Crippen LogP contribution is -2.72. The number of halogens is 1. The zero-order valence-electron chi connectivity index (χ0n) is 20.5. The van der Waals surface area contributed by atoms with Crippen LogP contribution in [0.2, 0.25) is 0 Å². The van der Waals surface area contributed by atoms with Crippen molar-refractivity contribution in [3.05, 3.63) is 47.8 Å². The van der Waals surface area contributed by atoms with Crippen LogP contribution in [0.5, 0.6) is 0 Å². The average Bonchev–Trinajstić information content (AvgIpc) is 3.34. The molecule has 4 fully saturated rings. The van der Waals surface area contributed by atoms with E-state index < -0.39 is 28.3 Å². The number of aliphatic hydroxyl groups excluding tert-OH is 2. The molecule has 0 radical (unpaired) electrons. The van der Waals surface area contributed by atoms with Crippen molar-refractivity contribution >= 4 is 17.7 Å². The standard InChI is InChI=1S/C28H37ClN2O3/c1-25-10-12-27(29)15-20-23(32)24(33)21(31(2)3)16-26(20)11-13-28(27,34-26)22(25)9-8-19(25)7-6-18-5-4-14-30-17-18/h4-8,14,17,20-24,32-33H,9-13,15-16H2,1-3H3. The van der Waals surface area contributed by atoms with Crippen LogP contribution in [-0.2, 0) is 4.74 Å². The number of aromatic nitrogens is 1. The van der Waals surface area contributed by atoms with E-state index in [0.717, 1.165) is 50.5 Å². The second-order valence-electron chi connectivity index (χ2n) is 12.0. The van der Waals surface area contributed by atoms with Crippen molar-refractivity contribution in [1.82, 2.24) is 9.88 Å². The predicted molar refractivity (Wildman–Crippen MR) is 133 cm³/mol. The van der Waals surface area contributed by atoms with E-state index in [1.54, 1.807) is 6.20 Å². The van der Waals surface area contributed by atoms with Gasteiger partial charge < -0.3 is 19.8 Å². The highest BCUT2D eigenvalue weighted by Gasteiger charge is 2.76. The number of pyridine rings is 1. The van der Waals surface area contributed by atoms with Crippen LogP contribution in [0.3, 0.4) is 0 Å². The van der Waals surface area contributed by atoms with Gasteiger partial charge in [-0.15, -0.1) is 11.6 Å². The van der Waals surface area contributed by atoms with Gasteiger partial charge in [0, 0.05) is 30.3 Å². The van der Waals surface area contributed by atoms with Crippen LogP contribution in [0.4, 0.5) is 0 Å². The summed E-state index contributed by atoms with van der Waals surface area (Å²) in [4.78, 5) is 5.78. The Hall–Kier alpha value is -1.24. The summed E-state index contributed by atoms with van der Waals surface area (Å²) in [5.74, 6) is 0.206. The fourth-order valence-corrected chi connectivity index (χ4v) is 9.04. The second-order valence-corrected chi connectivity index (χ2v) is 12.8. The Balaban J connectivity index is 1.34. The smallest absolute Gasteiger partial charge is 0.0958 e. The molecule has 184 valence electrons. The molecule has 1 aromatic heterocycles. The van der Waals surface area contributed by atoms with Crippen molar-refractivity contribution in [2.24, 2.45) is 17.3 Å². The first-order valence-electron chi connectivity index (χ1n) is 12.8. The van der Waals surface area contributed by atoms with Gasteiger partial charge in [-0.25, -0.2) is 0 Å². The number of hydrogen-bond acceptors (Lipinski definition) is 5. The van der Waals surface area contributed by atoms with Gasteiger partial charge in [0.15, 0.2) is 0 Å². The Kier molecular flexibility index (Phi) is 5.20. The summed E-state index contributed by atoms with van der Waals surface area (Å²) >= 11 is 7.56. The monoisotopic (exact) mass is 484 g/mol. The van der Waals surface area contributed by atoms with Crippen molar-refractivity contribution in [3.8, 4) is 0 Å². The molecule has 34 heavy (non-hydrogen) atoms. The molecule has 5 nitrogen and oxygen atoms in total. The number of rotatable bonds is 3. The van der Waals surface area contributed by atoms with Gasteiger partial charge in [0.25, 0.3) is 0 Å². The van der Waals surface area contributed by atoms with E-state index in [4.69, 9.17) is 16.3 Å². The molecule has 0 aromatic carbocycles. The summed E-state index contributed by atoms with van der Waals surface area (Å²) in [5.41, 5.74) is 1.71. The molecule has 3 heterocycles. The highest BCUT2D eigenvalue weighted by molar-refractivity contribution is 6.25. The van der Waals surface area contributed by atoms with Crippen molar-refractivity contribution in [1.29, 1.82) is 0 Å². The Morgan fingerprint density at radius 2 is 1.94 bits per heavy atom. The number of ether oxygens (including phenoxy) is 1. The third kappa shape index (κ3) is 2.97. The summed E-state index contributed by atoms with van der Waals surface area (Å²) in [6, 6.07) is 3.94. The predicted octanol–water partition coefficient (Wildman–Crippen LogP) is 4.18. The summed E-state index contributed by atoms with van der Waals surface area (Å²) < 4.78 is 7.28. The van der Waals surface area contributed by atoms with Crippen LogP contribution in [-0.4, -0.2) is 68.5 Å². The van der Waals surface area contributed by atoms with E-state index in [9.17, 15) is 10.2 Å². The summed E-state index contributed by atoms with van der Waals surface area (Å²) in [6.07, 6.45) is 15.1. The topological polar surface area (TPSA) is 65.8 Å². The second kappa shape index (κ2) is 7.63. The first kappa shape index (κ1) is 23.2. The lowest BCUT2D eigenvalue weighted by Gasteiger charge is -2.65. The number of nitrogens with zero attached hydrogens (tertiary/aromatic N) is 2. The highest BCUT2D eigenvalue weighted by atomic mass is 35.5. The SMILES string of the molecule is CN(C)C1CC23CCC4(O2)C2CC=C(C=Cc5cccnc5)C2(C)CCC4(Cl)CC3C(O)C1O. The summed E-state index contributed by atoms with van der Waals surface area (Å²) in [7, 11) is 3.97. The Morgan fingerprint density at radius 3 is 2.68 bits per heavy atom. The number of likely N-dealkylation sites (N-methyl/N-ethyl adjacent to an activating group) is 1. The normalized spacial score (nSPS) is 49.6. The van der Waals surface area contributed by atoms with Gasteiger partial charge in [-0.05, 0) is 81.7 Å². The highest BCUT2D eigenvalue weighted by Crippen LogP contribution is 2.72. The molecule has 5 aliphatic rings. The number of allylic oxidation sites excluding steroid dienone is 3. The maximum absolute atomic E-state index is 11.2. The van der Waals surface area contributed by atoms with Crippen LogP contribution in [0.15, 0.2) is 42.3 Å². The molecule has 2 N–H and O–H groups in total. The van der Waals surface area contributed by atoms with Crippen LogP contribution < -0.4 is 0 Å². The molecule has 0 amide bonds. The molecule has 2 saturated heterocycles. The molecule has 2 aliphatic heterocycles. The minimum Gasteiger partial charge on any atom is -0.390 e. The minimum absolute atomic E-state index is 0.0171. The van der Waals surface area contributed by atoms with Gasteiger partial charge in [-0.3, -0.25) is 4.98 Å². The molecular weight excluding hydrogens is 448 g/mol. The molecule has 2 bridgehead atoms. The summed E-state index contributed by atoms with van der Waals surface area (Å²) in [6.45, 7) is 2.40. The van der Waals surface area contributed by atoms with Gasteiger partial charge in [-0.2, -0.15) is 0 Å². The fraction of sp³-hybridized carbons (Fsp3) is 0.679. The van der Waals surface area contributed by atoms with Gasteiger partial charge >= 0.3 is 0 Å². The third-order valence-electron chi connectivity index (χ3n) is 10.4. The van der Waals surface area contributed by atoms with E-state index >= 15 is 0 Å². The van der Waals surface area contributed by atoms with E-state index in [-0.39, 0.29) is 17.4 Å². The molecule has 9 atom stereocenters. The lowest BCUT2D eigenvalue weighted by atomic mass is 9.53. The summed E-state index contributed by atoms with van der Waals surface area (Å²) in [5, 5.41) is 22.1. The van der Waals surface area contributed by atoms with Crippen molar-refractivity contribution in [3.63, 3.8) is 0 Å². The lowest BCUT2D eigenvalue weighted by molar-refractivity contribution is -0.277. The van der Waals surface area contributed by atoms with Gasteiger partial charge in [-0.1, -0.05) is 31.2 Å². The first-order valence-corrected chi connectivity index (χ1v) is 13.2. The number of fused-ring (bicyclic) bond motifs is 1. The number of alkyl halides is 1. The van der Waals surface area contributed by atoms with Gasteiger partial charge in [0.2, 0.25) is 0 Å². The molecular formula is C28H37ClN2O3. The number of aliphatic hydroxyl groups is 2. The molecule has 1 aromatic rings. The first-order chi connectivity index (χ1) is 16.1. The van der Waals surface area contributed by atoms with Crippen LogP contribution in [0.1, 0.15) is 57.4 Å². The van der Waals surface area contributed by atoms with Crippen molar-refractivity contribution < 1.29 is 14.9 Å². The number of hydrogen-bond donors (Lipinski definition) is 2. The zero-order chi connectivity index (χ0) is 23.9. The maximum atomic E-state index is 11.2. The van der Waals surface area contributed by atoms with Gasteiger partial charge in [0.1, 0.15) is 0 Å². The van der Waals surface area contributed by atoms with E-state index in [1.807, 2.05) is 31.3 Å². The molecule has 3 aliphatic carbocycles. The average molecular weight is 485 g/mol. The van der Waals surface area contributed by atoms with Crippen LogP contribution in [0.25, 0.3) is 6.08 Å². The van der Waals surface area contributed by atoms with E-state index in [2.05, 4.69) is 36.2 Å². The molecule has 6 rings (SSSR count). The third-order valence-corrected chi connectivity index (χ3v) is 11.1. The largest absolute Gasteiger partial charge is 0.390 e. The zero-order valence-corrected chi connectivity index (χ0v) is 21.2. The van der Waals surface area contributed by atoms with Crippen LogP contribution >= 0.6 is 11.6 Å². The molecule has 2 saturated carbocycles. The molecule has 9 unspecified atom stereocenters. The Morgan fingerprint density at radius 1 is 1.12 bits per heavy atom. The van der Waals surface area contributed by atoms with Gasteiger partial charge in [0.05, 0.1) is 28.3 Å². The van der Waals surface area contributed by atoms with Crippen molar-refractivity contribution in [2.45, 2.75) is 86.2 Å². The molecule has 6 heteroatoms. The molecule has 2 spiro atoms.